The number of imidazole rings is 1. The molecule has 0 spiro atoms. The number of aromatic nitrogens is 3. The number of hydrogen-bond donors (Lipinski definition) is 0. The third kappa shape index (κ3) is 3.99. The highest BCUT2D eigenvalue weighted by molar-refractivity contribution is 5.94. The third-order valence-corrected chi connectivity index (χ3v) is 5.98. The van der Waals surface area contributed by atoms with Crippen molar-refractivity contribution in [2.75, 3.05) is 33.7 Å². The lowest BCUT2D eigenvalue weighted by molar-refractivity contribution is 0.0691. The minimum Gasteiger partial charge on any atom is -0.360 e. The Bertz CT molecular complexity index is 810. The maximum atomic E-state index is 13.2. The summed E-state index contributed by atoms with van der Waals surface area (Å²) < 4.78 is 7.73. The van der Waals surface area contributed by atoms with Crippen molar-refractivity contribution >= 4 is 5.91 Å². The molecule has 1 aliphatic heterocycles. The van der Waals surface area contributed by atoms with Gasteiger partial charge in [-0.25, -0.2) is 4.98 Å². The Morgan fingerprint density at radius 3 is 3.00 bits per heavy atom. The highest BCUT2D eigenvalue weighted by atomic mass is 16.5. The Morgan fingerprint density at radius 2 is 2.14 bits per heavy atom. The third-order valence-electron chi connectivity index (χ3n) is 5.98. The van der Waals surface area contributed by atoms with E-state index in [1.54, 1.807) is 0 Å². The van der Waals surface area contributed by atoms with Crippen LogP contribution in [0.4, 0.5) is 0 Å². The Morgan fingerprint density at radius 1 is 1.29 bits per heavy atom. The van der Waals surface area contributed by atoms with Crippen molar-refractivity contribution < 1.29 is 9.32 Å². The van der Waals surface area contributed by atoms with E-state index >= 15 is 0 Å². The largest absolute Gasteiger partial charge is 0.360 e. The maximum Gasteiger partial charge on any atom is 0.276 e. The summed E-state index contributed by atoms with van der Waals surface area (Å²) in [6.07, 6.45) is 11.2. The fourth-order valence-corrected chi connectivity index (χ4v) is 4.50. The number of rotatable bonds is 6. The average molecular weight is 386 g/mol. The number of carbonyl (C=O) groups excluding carboxylic acids is 1. The van der Waals surface area contributed by atoms with Crippen LogP contribution < -0.4 is 0 Å². The van der Waals surface area contributed by atoms with E-state index in [2.05, 4.69) is 39.9 Å². The lowest BCUT2D eigenvalue weighted by Gasteiger charge is -2.32. The minimum absolute atomic E-state index is 0.0299. The lowest BCUT2D eigenvalue weighted by Crippen LogP contribution is -2.40. The number of nitrogens with zero attached hydrogens (tertiary/aromatic N) is 5. The van der Waals surface area contributed by atoms with Gasteiger partial charge in [0, 0.05) is 49.9 Å². The van der Waals surface area contributed by atoms with Crippen LogP contribution in [0.1, 0.15) is 65.7 Å². The second-order valence-corrected chi connectivity index (χ2v) is 8.37. The van der Waals surface area contributed by atoms with Crippen LogP contribution in [0.3, 0.4) is 0 Å². The average Bonchev–Trinajstić information content (AvgIpc) is 3.34. The Balaban J connectivity index is 1.44. The quantitative estimate of drug-likeness (QED) is 0.765. The summed E-state index contributed by atoms with van der Waals surface area (Å²) in [7, 11) is 4.20. The monoisotopic (exact) mass is 385 g/mol. The van der Waals surface area contributed by atoms with E-state index in [0.717, 1.165) is 81.7 Å². The fourth-order valence-electron chi connectivity index (χ4n) is 4.50. The molecule has 2 aromatic rings. The molecule has 28 heavy (non-hydrogen) atoms. The molecule has 152 valence electrons. The summed E-state index contributed by atoms with van der Waals surface area (Å²) in [5, 5.41) is 4.14. The van der Waals surface area contributed by atoms with Crippen LogP contribution in [-0.4, -0.2) is 64.1 Å². The van der Waals surface area contributed by atoms with Gasteiger partial charge in [0.15, 0.2) is 5.69 Å². The number of aryl methyl sites for hydroxylation is 2. The summed E-state index contributed by atoms with van der Waals surface area (Å²) >= 11 is 0. The zero-order valence-electron chi connectivity index (χ0n) is 17.1. The number of fused-ring (bicyclic) bond motifs is 1. The molecule has 0 unspecified atom stereocenters. The first-order valence-corrected chi connectivity index (χ1v) is 10.6. The van der Waals surface area contributed by atoms with Crippen LogP contribution in [0, 0.1) is 0 Å². The molecule has 1 atom stereocenters. The van der Waals surface area contributed by atoms with E-state index in [-0.39, 0.29) is 11.8 Å². The molecule has 1 amide bonds. The van der Waals surface area contributed by atoms with Crippen molar-refractivity contribution in [3.63, 3.8) is 0 Å². The molecule has 0 bridgehead atoms. The van der Waals surface area contributed by atoms with E-state index in [0.29, 0.717) is 12.2 Å². The van der Waals surface area contributed by atoms with Crippen LogP contribution in [0.5, 0.6) is 0 Å². The van der Waals surface area contributed by atoms with E-state index in [4.69, 9.17) is 4.52 Å². The first kappa shape index (κ1) is 19.2. The zero-order chi connectivity index (χ0) is 19.5. The van der Waals surface area contributed by atoms with Gasteiger partial charge in [-0.2, -0.15) is 0 Å². The van der Waals surface area contributed by atoms with Gasteiger partial charge in [-0.1, -0.05) is 5.16 Å². The summed E-state index contributed by atoms with van der Waals surface area (Å²) in [5.74, 6) is 2.34. The van der Waals surface area contributed by atoms with Crippen molar-refractivity contribution in [1.82, 2.24) is 24.5 Å². The number of carbonyl (C=O) groups is 1. The molecule has 4 rings (SSSR count). The van der Waals surface area contributed by atoms with Gasteiger partial charge in [0.1, 0.15) is 11.6 Å². The Kier molecular flexibility index (Phi) is 5.80. The summed E-state index contributed by atoms with van der Waals surface area (Å²) in [6.45, 7) is 3.53. The highest BCUT2D eigenvalue weighted by Gasteiger charge is 2.32. The zero-order valence-corrected chi connectivity index (χ0v) is 17.1. The predicted octanol–water partition coefficient (Wildman–Crippen LogP) is 2.72. The molecule has 7 heteroatoms. The van der Waals surface area contributed by atoms with Gasteiger partial charge in [0.25, 0.3) is 5.91 Å². The first-order chi connectivity index (χ1) is 13.6. The van der Waals surface area contributed by atoms with Gasteiger partial charge in [-0.05, 0) is 59.2 Å². The molecule has 3 heterocycles. The smallest absolute Gasteiger partial charge is 0.276 e. The molecule has 0 saturated carbocycles. The van der Waals surface area contributed by atoms with E-state index in [1.165, 1.54) is 0 Å². The first-order valence-electron chi connectivity index (χ1n) is 10.6. The summed E-state index contributed by atoms with van der Waals surface area (Å²) in [4.78, 5) is 22.0. The lowest BCUT2D eigenvalue weighted by atomic mass is 9.94. The molecular weight excluding hydrogens is 354 g/mol. The number of likely N-dealkylation sites (tertiary alicyclic amines) is 1. The van der Waals surface area contributed by atoms with Gasteiger partial charge in [-0.3, -0.25) is 4.79 Å². The van der Waals surface area contributed by atoms with Crippen molar-refractivity contribution in [2.45, 2.75) is 57.4 Å². The summed E-state index contributed by atoms with van der Waals surface area (Å²) in [6, 6.07) is 0. The predicted molar refractivity (Wildman–Crippen MR) is 106 cm³/mol. The van der Waals surface area contributed by atoms with Crippen molar-refractivity contribution in [3.8, 4) is 0 Å². The molecule has 7 nitrogen and oxygen atoms in total. The Labute approximate surface area is 166 Å². The van der Waals surface area contributed by atoms with Crippen LogP contribution in [0.25, 0.3) is 0 Å². The van der Waals surface area contributed by atoms with E-state index in [1.807, 2.05) is 11.1 Å². The second kappa shape index (κ2) is 8.47. The molecular formula is C21H31N5O2. The molecule has 1 saturated heterocycles. The van der Waals surface area contributed by atoms with Gasteiger partial charge in [-0.15, -0.1) is 0 Å². The van der Waals surface area contributed by atoms with Crippen LogP contribution in [0.2, 0.25) is 0 Å². The molecule has 0 N–H and O–H groups in total. The van der Waals surface area contributed by atoms with Crippen LogP contribution in [-0.2, 0) is 19.4 Å². The maximum absolute atomic E-state index is 13.2. The normalized spacial score (nSPS) is 19.8. The minimum atomic E-state index is 0.0299. The van der Waals surface area contributed by atoms with Crippen LogP contribution in [0.15, 0.2) is 16.9 Å². The van der Waals surface area contributed by atoms with E-state index < -0.39 is 0 Å². The SMILES string of the molecule is CN(C)CCCn1ccnc1[C@H]1CCCN(C(=O)c2noc3c2CCCC3)C1. The number of piperidine rings is 1. The highest BCUT2D eigenvalue weighted by Crippen LogP contribution is 2.29. The second-order valence-electron chi connectivity index (χ2n) is 8.37. The fraction of sp³-hybridized carbons (Fsp3) is 0.667. The Hall–Kier alpha value is -2.15. The number of hydrogen-bond acceptors (Lipinski definition) is 5. The standard InChI is InChI=1S/C21H31N5O2/c1-24(2)11-6-13-25-14-10-22-20(25)16-7-5-12-26(15-16)21(27)19-17-8-3-4-9-18(17)28-23-19/h10,14,16H,3-9,11-13,15H2,1-2H3/t16-/m0/s1. The molecule has 2 aliphatic rings. The van der Waals surface area contributed by atoms with Crippen molar-refractivity contribution in [1.29, 1.82) is 0 Å². The molecule has 2 aromatic heterocycles. The summed E-state index contributed by atoms with van der Waals surface area (Å²) in [5.41, 5.74) is 1.59. The topological polar surface area (TPSA) is 67.4 Å². The van der Waals surface area contributed by atoms with Crippen molar-refractivity contribution in [2.24, 2.45) is 0 Å². The van der Waals surface area contributed by atoms with Crippen LogP contribution >= 0.6 is 0 Å². The van der Waals surface area contributed by atoms with Gasteiger partial charge in [0.05, 0.1) is 0 Å². The van der Waals surface area contributed by atoms with Gasteiger partial charge < -0.3 is 18.9 Å². The molecule has 1 aliphatic carbocycles. The molecule has 1 fully saturated rings. The van der Waals surface area contributed by atoms with E-state index in [9.17, 15) is 4.79 Å². The van der Waals surface area contributed by atoms with Gasteiger partial charge in [0.2, 0.25) is 0 Å². The molecule has 0 aromatic carbocycles. The van der Waals surface area contributed by atoms with Crippen molar-refractivity contribution in [3.05, 3.63) is 35.2 Å². The number of amides is 1. The molecule has 0 radical (unpaired) electrons. The van der Waals surface area contributed by atoms with Gasteiger partial charge >= 0.3 is 0 Å².